The summed E-state index contributed by atoms with van der Waals surface area (Å²) in [4.78, 5) is 0. The van der Waals surface area contributed by atoms with Crippen molar-refractivity contribution in [2.75, 3.05) is 0 Å². The van der Waals surface area contributed by atoms with Gasteiger partial charge in [-0.25, -0.2) is 0 Å². The Balaban J connectivity index is 4.02. The molecule has 0 spiro atoms. The second-order valence-electron chi connectivity index (χ2n) is 0.996. The van der Waals surface area contributed by atoms with Crippen LogP contribution in [-0.2, 0) is 0 Å². The number of halogens is 6. The zero-order chi connectivity index (χ0) is 7.00. The van der Waals surface area contributed by atoms with E-state index in [-0.39, 0.29) is 0 Å². The highest BCUT2D eigenvalue weighted by Gasteiger charge is 2.45. The lowest BCUT2D eigenvalue weighted by molar-refractivity contribution is 0.151. The number of hydrogen-bond acceptors (Lipinski definition) is 0. The average molecular weight is 570 g/mol. The highest BCUT2D eigenvalue weighted by atomic mass is 127. The van der Waals surface area contributed by atoms with Crippen LogP contribution in [0, 0.1) is 0 Å². The molecule has 50 valence electrons. The highest BCUT2D eigenvalue weighted by Crippen LogP contribution is 2.52. The molecule has 0 bridgehead atoms. The summed E-state index contributed by atoms with van der Waals surface area (Å²) in [5.74, 6) is 0. The highest BCUT2D eigenvalue weighted by molar-refractivity contribution is 14.3. The maximum Gasteiger partial charge on any atom is 0.328 e. The molecule has 0 radical (unpaired) electrons. The van der Waals surface area contributed by atoms with Crippen molar-refractivity contribution in [2.24, 2.45) is 0 Å². The molecule has 0 aliphatic carbocycles. The molecule has 0 saturated carbocycles. The summed E-state index contributed by atoms with van der Waals surface area (Å²) in [6.45, 7) is 0. The number of alkyl halides is 6. The second kappa shape index (κ2) is 3.45. The first-order valence-electron chi connectivity index (χ1n) is 1.38. The molecule has 0 unspecified atom stereocenters. The maximum absolute atomic E-state index is 12.2. The van der Waals surface area contributed by atoms with Crippen LogP contribution in [0.2, 0.25) is 0 Å². The SMILES string of the molecule is FC(F)(I)C(I)(I)I. The minimum Gasteiger partial charge on any atom is -0.192 e. The molecule has 0 nitrogen and oxygen atoms in total. The van der Waals surface area contributed by atoms with Gasteiger partial charge in [0.05, 0.1) is 0 Å². The van der Waals surface area contributed by atoms with Crippen LogP contribution in [0.5, 0.6) is 0 Å². The van der Waals surface area contributed by atoms with Gasteiger partial charge in [-0.3, -0.25) is 0 Å². The van der Waals surface area contributed by atoms with E-state index >= 15 is 0 Å². The Morgan fingerprint density at radius 2 is 1.00 bits per heavy atom. The molecule has 0 aromatic carbocycles. The monoisotopic (exact) mass is 570 g/mol. The van der Waals surface area contributed by atoms with E-state index in [2.05, 4.69) is 0 Å². The van der Waals surface area contributed by atoms with Gasteiger partial charge in [-0.15, -0.1) is 0 Å². The van der Waals surface area contributed by atoms with Crippen LogP contribution in [0.25, 0.3) is 0 Å². The van der Waals surface area contributed by atoms with Crippen molar-refractivity contribution in [3.05, 3.63) is 0 Å². The first-order chi connectivity index (χ1) is 3.25. The first kappa shape index (κ1) is 10.8. The molecule has 0 aromatic heterocycles. The van der Waals surface area contributed by atoms with E-state index < -0.39 is 3.36 Å². The molecule has 0 rings (SSSR count). The minimum atomic E-state index is -2.63. The van der Waals surface area contributed by atoms with Crippen LogP contribution in [0.1, 0.15) is 0 Å². The summed E-state index contributed by atoms with van der Waals surface area (Å²) in [7, 11) is 0. The molecular weight excluding hydrogens is 570 g/mol. The van der Waals surface area contributed by atoms with Gasteiger partial charge in [-0.05, 0) is 67.8 Å². The summed E-state index contributed by atoms with van der Waals surface area (Å²) >= 11 is 6.22. The van der Waals surface area contributed by atoms with Gasteiger partial charge in [0.25, 0.3) is 0 Å². The molecule has 0 aromatic rings. The molecule has 0 atom stereocenters. The van der Waals surface area contributed by atoms with Crippen molar-refractivity contribution in [1.29, 1.82) is 0 Å². The molecule has 0 saturated heterocycles. The summed E-state index contributed by atoms with van der Waals surface area (Å²) in [6, 6.07) is 0. The third-order valence-corrected chi connectivity index (χ3v) is 6.26. The zero-order valence-corrected chi connectivity index (χ0v) is 11.9. The van der Waals surface area contributed by atoms with Crippen LogP contribution in [-0.4, -0.2) is 3.36 Å². The van der Waals surface area contributed by atoms with E-state index in [0.29, 0.717) is 0 Å². The van der Waals surface area contributed by atoms with Gasteiger partial charge in [0.1, 0.15) is 0 Å². The average Bonchev–Trinajstić information content (AvgIpc) is 1.25. The molecular formula is C2F2I4. The zero-order valence-electron chi connectivity index (χ0n) is 3.27. The first-order valence-corrected chi connectivity index (χ1v) is 5.70. The largest absolute Gasteiger partial charge is 0.328 e. The number of hydrogen-bond donors (Lipinski definition) is 0. The van der Waals surface area contributed by atoms with E-state index in [1.165, 1.54) is 0 Å². The fourth-order valence-corrected chi connectivity index (χ4v) is 0. The van der Waals surface area contributed by atoms with Crippen LogP contribution >= 0.6 is 90.4 Å². The molecule has 0 aliphatic heterocycles. The van der Waals surface area contributed by atoms with E-state index in [4.69, 9.17) is 0 Å². The van der Waals surface area contributed by atoms with Crippen LogP contribution in [0.15, 0.2) is 0 Å². The predicted octanol–water partition coefficient (Wildman–Crippen LogP) is 3.97. The molecule has 6 heteroatoms. The third-order valence-electron chi connectivity index (χ3n) is 0.321. The van der Waals surface area contributed by atoms with Gasteiger partial charge >= 0.3 is 3.93 Å². The van der Waals surface area contributed by atoms with Crippen molar-refractivity contribution >= 4 is 90.4 Å². The molecule has 0 heterocycles. The Bertz CT molecular complexity index is 67.0. The summed E-state index contributed by atoms with van der Waals surface area (Å²) in [5, 5.41) is 0. The minimum absolute atomic E-state index is 0.999. The summed E-state index contributed by atoms with van der Waals surface area (Å²) in [5.41, 5.74) is 0. The Morgan fingerprint density at radius 3 is 1.00 bits per heavy atom. The Hall–Kier alpha value is 2.78. The van der Waals surface area contributed by atoms with E-state index in [9.17, 15) is 8.78 Å². The van der Waals surface area contributed by atoms with Gasteiger partial charge in [0.2, 0.25) is 0 Å². The van der Waals surface area contributed by atoms with Crippen LogP contribution < -0.4 is 0 Å². The lowest BCUT2D eigenvalue weighted by atomic mass is 10.9. The van der Waals surface area contributed by atoms with Gasteiger partial charge in [0.15, 0.2) is -0.565 Å². The normalized spacial score (nSPS) is 14.2. The van der Waals surface area contributed by atoms with Crippen molar-refractivity contribution in [3.63, 3.8) is 0 Å². The van der Waals surface area contributed by atoms with Crippen LogP contribution in [0.4, 0.5) is 8.78 Å². The molecule has 0 fully saturated rings. The lowest BCUT2D eigenvalue weighted by Crippen LogP contribution is -2.23. The second-order valence-corrected chi connectivity index (χ2v) is 13.4. The third kappa shape index (κ3) is 3.83. The summed E-state index contributed by atoms with van der Waals surface area (Å²) < 4.78 is 20.8. The van der Waals surface area contributed by atoms with Gasteiger partial charge in [-0.1, -0.05) is 0 Å². The maximum atomic E-state index is 12.2. The molecule has 0 amide bonds. The fraction of sp³-hybridized carbons (Fsp3) is 1.00. The number of rotatable bonds is 1. The van der Waals surface area contributed by atoms with Crippen LogP contribution in [0.3, 0.4) is 0 Å². The van der Waals surface area contributed by atoms with E-state index in [1.807, 2.05) is 0 Å². The molecule has 8 heavy (non-hydrogen) atoms. The van der Waals surface area contributed by atoms with Gasteiger partial charge in [-0.2, -0.15) is 8.78 Å². The Labute approximate surface area is 100 Å². The quantitative estimate of drug-likeness (QED) is 0.331. The Kier molecular flexibility index (Phi) is 4.65. The lowest BCUT2D eigenvalue weighted by Gasteiger charge is -2.18. The molecule has 0 aliphatic rings. The standard InChI is InChI=1S/C2F2I4/c3-1(4,5)2(6,7)8. The fourth-order valence-electron chi connectivity index (χ4n) is 0. The van der Waals surface area contributed by atoms with Crippen molar-refractivity contribution < 1.29 is 8.78 Å². The van der Waals surface area contributed by atoms with Crippen molar-refractivity contribution in [1.82, 2.24) is 0 Å². The van der Waals surface area contributed by atoms with Crippen molar-refractivity contribution in [3.8, 4) is 0 Å². The van der Waals surface area contributed by atoms with Crippen molar-refractivity contribution in [2.45, 2.75) is 3.36 Å². The summed E-state index contributed by atoms with van der Waals surface area (Å²) in [6.07, 6.45) is 0. The molecule has 0 N–H and O–H groups in total. The Morgan fingerprint density at radius 1 is 0.875 bits per heavy atom. The predicted molar refractivity (Wildman–Crippen MR) is 63.8 cm³/mol. The van der Waals surface area contributed by atoms with E-state index in [1.54, 1.807) is 67.8 Å². The van der Waals surface area contributed by atoms with Gasteiger partial charge in [0, 0.05) is 22.6 Å². The van der Waals surface area contributed by atoms with E-state index in [0.717, 1.165) is 22.6 Å². The van der Waals surface area contributed by atoms with Gasteiger partial charge < -0.3 is 0 Å². The topological polar surface area (TPSA) is 0 Å². The smallest absolute Gasteiger partial charge is 0.192 e.